The van der Waals surface area contributed by atoms with Gasteiger partial charge < -0.3 is 0 Å². The summed E-state index contributed by atoms with van der Waals surface area (Å²) in [6, 6.07) is 10.8. The molecule has 4 fully saturated rings. The van der Waals surface area contributed by atoms with Gasteiger partial charge in [-0.15, -0.1) is 11.6 Å². The van der Waals surface area contributed by atoms with Crippen molar-refractivity contribution < 1.29 is 0 Å². The molecule has 0 aliphatic heterocycles. The molecule has 5 rings (SSSR count). The smallest absolute Gasteiger partial charge is 0.0409 e. The zero-order chi connectivity index (χ0) is 12.8. The predicted molar refractivity (Wildman–Crippen MR) is 80.3 cm³/mol. The lowest BCUT2D eigenvalue weighted by molar-refractivity contribution is -0.0376. The molecule has 0 nitrogen and oxygen atoms in total. The van der Waals surface area contributed by atoms with Crippen molar-refractivity contribution in [1.82, 2.24) is 0 Å². The van der Waals surface area contributed by atoms with Gasteiger partial charge in [0.05, 0.1) is 0 Å². The third-order valence-electron chi connectivity index (χ3n) is 5.99. The summed E-state index contributed by atoms with van der Waals surface area (Å²) in [5.74, 6) is 4.80. The maximum atomic E-state index is 6.86. The van der Waals surface area contributed by atoms with Crippen molar-refractivity contribution in [3.8, 4) is 0 Å². The molecule has 4 aliphatic rings. The van der Waals surface area contributed by atoms with Crippen molar-refractivity contribution in [2.75, 3.05) is 0 Å². The Bertz CT molecular complexity index is 410. The highest BCUT2D eigenvalue weighted by Gasteiger charge is 2.50. The van der Waals surface area contributed by atoms with Gasteiger partial charge in [0.15, 0.2) is 0 Å². The normalized spacial score (nSPS) is 41.4. The fourth-order valence-corrected chi connectivity index (χ4v) is 6.12. The van der Waals surface area contributed by atoms with E-state index in [2.05, 4.69) is 30.3 Å². The SMILES string of the molecule is ClC(Cc1ccccc1)C1C2CC3CC(C2)CC1C3. The molecule has 0 aromatic heterocycles. The van der Waals surface area contributed by atoms with Gasteiger partial charge in [0, 0.05) is 5.38 Å². The topological polar surface area (TPSA) is 0 Å². The predicted octanol–water partition coefficient (Wildman–Crippen LogP) is 4.91. The number of benzene rings is 1. The second kappa shape index (κ2) is 4.81. The first-order chi connectivity index (χ1) is 9.29. The van der Waals surface area contributed by atoms with Crippen LogP contribution in [0.5, 0.6) is 0 Å². The lowest BCUT2D eigenvalue weighted by Gasteiger charge is -2.55. The lowest BCUT2D eigenvalue weighted by Crippen LogP contribution is -2.48. The zero-order valence-corrected chi connectivity index (χ0v) is 12.2. The summed E-state index contributed by atoms with van der Waals surface area (Å²) in [7, 11) is 0. The van der Waals surface area contributed by atoms with Crippen LogP contribution in [0.3, 0.4) is 0 Å². The maximum Gasteiger partial charge on any atom is 0.0409 e. The minimum Gasteiger partial charge on any atom is -0.122 e. The van der Waals surface area contributed by atoms with Crippen molar-refractivity contribution in [2.24, 2.45) is 29.6 Å². The van der Waals surface area contributed by atoms with Gasteiger partial charge in [0.25, 0.3) is 0 Å². The van der Waals surface area contributed by atoms with E-state index in [9.17, 15) is 0 Å². The zero-order valence-electron chi connectivity index (χ0n) is 11.5. The molecule has 1 atom stereocenters. The van der Waals surface area contributed by atoms with E-state index >= 15 is 0 Å². The van der Waals surface area contributed by atoms with Crippen LogP contribution in [-0.2, 0) is 6.42 Å². The molecule has 0 radical (unpaired) electrons. The van der Waals surface area contributed by atoms with Gasteiger partial charge >= 0.3 is 0 Å². The molecule has 0 saturated heterocycles. The summed E-state index contributed by atoms with van der Waals surface area (Å²) in [5.41, 5.74) is 1.41. The molecule has 1 aromatic rings. The molecule has 1 aromatic carbocycles. The van der Waals surface area contributed by atoms with Crippen LogP contribution in [-0.4, -0.2) is 5.38 Å². The summed E-state index contributed by atoms with van der Waals surface area (Å²) >= 11 is 6.86. The van der Waals surface area contributed by atoms with Gasteiger partial charge in [-0.2, -0.15) is 0 Å². The number of hydrogen-bond donors (Lipinski definition) is 0. The van der Waals surface area contributed by atoms with Gasteiger partial charge in [-0.3, -0.25) is 0 Å². The number of alkyl halides is 1. The molecule has 4 bridgehead atoms. The third-order valence-corrected chi connectivity index (χ3v) is 6.44. The largest absolute Gasteiger partial charge is 0.122 e. The Morgan fingerprint density at radius 2 is 1.47 bits per heavy atom. The van der Waals surface area contributed by atoms with E-state index < -0.39 is 0 Å². The first kappa shape index (κ1) is 12.3. The number of halogens is 1. The van der Waals surface area contributed by atoms with Gasteiger partial charge in [0.2, 0.25) is 0 Å². The quantitative estimate of drug-likeness (QED) is 0.687. The fraction of sp³-hybridized carbons (Fsp3) is 0.667. The summed E-state index contributed by atoms with van der Waals surface area (Å²) in [6.45, 7) is 0. The van der Waals surface area contributed by atoms with Crippen LogP contribution in [0.15, 0.2) is 30.3 Å². The molecule has 1 heteroatoms. The minimum atomic E-state index is 0.359. The average Bonchev–Trinajstić information content (AvgIpc) is 2.38. The van der Waals surface area contributed by atoms with Gasteiger partial charge in [-0.05, 0) is 73.7 Å². The van der Waals surface area contributed by atoms with Crippen molar-refractivity contribution >= 4 is 11.6 Å². The van der Waals surface area contributed by atoms with Gasteiger partial charge in [-0.25, -0.2) is 0 Å². The van der Waals surface area contributed by atoms with Crippen LogP contribution in [0, 0.1) is 29.6 Å². The molecular formula is C18H23Cl. The second-order valence-corrected chi connectivity index (χ2v) is 7.77. The molecule has 4 saturated carbocycles. The summed E-state index contributed by atoms with van der Waals surface area (Å²) in [5, 5.41) is 0.359. The third kappa shape index (κ3) is 2.23. The highest BCUT2D eigenvalue weighted by molar-refractivity contribution is 6.21. The standard InChI is InChI=1S/C18H23Cl/c19-17(11-12-4-2-1-3-5-12)18-15-7-13-6-14(9-15)10-16(18)8-13/h1-5,13-18H,6-11H2. The Morgan fingerprint density at radius 1 is 0.895 bits per heavy atom. The van der Waals surface area contributed by atoms with Crippen molar-refractivity contribution in [2.45, 2.75) is 43.9 Å². The minimum absolute atomic E-state index is 0.359. The molecule has 0 heterocycles. The molecule has 19 heavy (non-hydrogen) atoms. The molecule has 102 valence electrons. The Kier molecular flexibility index (Phi) is 3.10. The Hall–Kier alpha value is -0.490. The van der Waals surface area contributed by atoms with Gasteiger partial charge in [0.1, 0.15) is 0 Å². The molecule has 0 spiro atoms. The highest BCUT2D eigenvalue weighted by atomic mass is 35.5. The van der Waals surface area contributed by atoms with E-state index in [1.165, 1.54) is 37.7 Å². The van der Waals surface area contributed by atoms with E-state index in [-0.39, 0.29) is 0 Å². The monoisotopic (exact) mass is 274 g/mol. The Morgan fingerprint density at radius 3 is 2.05 bits per heavy atom. The average molecular weight is 275 g/mol. The van der Waals surface area contributed by atoms with E-state index in [4.69, 9.17) is 11.6 Å². The Balaban J connectivity index is 1.50. The molecule has 0 N–H and O–H groups in total. The molecule has 1 unspecified atom stereocenters. The van der Waals surface area contributed by atoms with Crippen LogP contribution in [0.2, 0.25) is 0 Å². The van der Waals surface area contributed by atoms with Crippen LogP contribution >= 0.6 is 11.6 Å². The first-order valence-electron chi connectivity index (χ1n) is 7.97. The van der Waals surface area contributed by atoms with Gasteiger partial charge in [-0.1, -0.05) is 30.3 Å². The number of hydrogen-bond acceptors (Lipinski definition) is 0. The second-order valence-electron chi connectivity index (χ2n) is 7.21. The lowest BCUT2D eigenvalue weighted by atomic mass is 9.51. The van der Waals surface area contributed by atoms with Crippen molar-refractivity contribution in [3.63, 3.8) is 0 Å². The summed E-state index contributed by atoms with van der Waals surface area (Å²) in [4.78, 5) is 0. The fourth-order valence-electron chi connectivity index (χ4n) is 5.53. The van der Waals surface area contributed by atoms with E-state index in [1.807, 2.05) is 0 Å². The van der Waals surface area contributed by atoms with Crippen LogP contribution in [0.1, 0.15) is 37.7 Å². The van der Waals surface area contributed by atoms with E-state index in [1.54, 1.807) is 0 Å². The molecular weight excluding hydrogens is 252 g/mol. The summed E-state index contributed by atoms with van der Waals surface area (Å²) in [6.07, 6.45) is 8.53. The van der Waals surface area contributed by atoms with E-state index in [0.717, 1.165) is 36.0 Å². The number of rotatable bonds is 3. The molecule has 0 amide bonds. The van der Waals surface area contributed by atoms with Crippen molar-refractivity contribution in [1.29, 1.82) is 0 Å². The van der Waals surface area contributed by atoms with Crippen LogP contribution in [0.4, 0.5) is 0 Å². The first-order valence-corrected chi connectivity index (χ1v) is 8.41. The van der Waals surface area contributed by atoms with Crippen LogP contribution < -0.4 is 0 Å². The Labute approximate surface area is 121 Å². The van der Waals surface area contributed by atoms with Crippen LogP contribution in [0.25, 0.3) is 0 Å². The van der Waals surface area contributed by atoms with E-state index in [0.29, 0.717) is 5.38 Å². The van der Waals surface area contributed by atoms with Crippen molar-refractivity contribution in [3.05, 3.63) is 35.9 Å². The maximum absolute atomic E-state index is 6.86. The summed E-state index contributed by atoms with van der Waals surface area (Å²) < 4.78 is 0. The molecule has 4 aliphatic carbocycles. The highest BCUT2D eigenvalue weighted by Crippen LogP contribution is 2.58.